The summed E-state index contributed by atoms with van der Waals surface area (Å²) in [6.07, 6.45) is 0. The van der Waals surface area contributed by atoms with Crippen molar-refractivity contribution in [3.8, 4) is 0 Å². The van der Waals surface area contributed by atoms with Gasteiger partial charge in [0, 0.05) is 11.3 Å². The lowest BCUT2D eigenvalue weighted by molar-refractivity contribution is 0.102. The average Bonchev–Trinajstić information content (AvgIpc) is 2.64. The van der Waals surface area contributed by atoms with E-state index in [0.717, 1.165) is 0 Å². The maximum atomic E-state index is 13.6. The summed E-state index contributed by atoms with van der Waals surface area (Å²) in [6.45, 7) is 0. The zero-order chi connectivity index (χ0) is 18.6. The molecule has 3 rings (SSSR count). The van der Waals surface area contributed by atoms with Gasteiger partial charge < -0.3 is 5.32 Å². The van der Waals surface area contributed by atoms with E-state index < -0.39 is 21.7 Å². The van der Waals surface area contributed by atoms with Gasteiger partial charge in [0.15, 0.2) is 0 Å². The van der Waals surface area contributed by atoms with E-state index in [1.54, 1.807) is 30.3 Å². The van der Waals surface area contributed by atoms with Gasteiger partial charge in [-0.15, -0.1) is 0 Å². The number of hydrogen-bond acceptors (Lipinski definition) is 3. The van der Waals surface area contributed by atoms with Crippen molar-refractivity contribution in [2.24, 2.45) is 0 Å². The maximum Gasteiger partial charge on any atom is 0.261 e. The fourth-order valence-corrected chi connectivity index (χ4v) is 3.37. The quantitative estimate of drug-likeness (QED) is 0.716. The van der Waals surface area contributed by atoms with Crippen LogP contribution in [0.3, 0.4) is 0 Å². The lowest BCUT2D eigenvalue weighted by Crippen LogP contribution is -2.15. The highest BCUT2D eigenvalue weighted by Crippen LogP contribution is 2.19. The number of anilines is 2. The molecule has 5 nitrogen and oxygen atoms in total. The van der Waals surface area contributed by atoms with Crippen LogP contribution >= 0.6 is 0 Å². The van der Waals surface area contributed by atoms with Crippen molar-refractivity contribution >= 4 is 27.3 Å². The molecule has 0 aliphatic heterocycles. The number of rotatable bonds is 5. The van der Waals surface area contributed by atoms with E-state index >= 15 is 0 Å². The zero-order valence-corrected chi connectivity index (χ0v) is 14.3. The van der Waals surface area contributed by atoms with E-state index in [9.17, 15) is 17.6 Å². The maximum absolute atomic E-state index is 13.6. The molecule has 0 bridgehead atoms. The molecule has 0 saturated carbocycles. The number of hydrogen-bond donors (Lipinski definition) is 2. The topological polar surface area (TPSA) is 75.3 Å². The van der Waals surface area contributed by atoms with Crippen molar-refractivity contribution in [2.75, 3.05) is 10.0 Å². The van der Waals surface area contributed by atoms with Crippen LogP contribution in [0.4, 0.5) is 15.8 Å². The fraction of sp³-hybridized carbons (Fsp3) is 0. The minimum absolute atomic E-state index is 0.0489. The van der Waals surface area contributed by atoms with Gasteiger partial charge in [0.1, 0.15) is 5.82 Å². The third-order valence-corrected chi connectivity index (χ3v) is 4.95. The number of carbonyl (C=O) groups excluding carboxylic acids is 1. The highest BCUT2D eigenvalue weighted by atomic mass is 32.2. The van der Waals surface area contributed by atoms with Crippen LogP contribution in [-0.4, -0.2) is 14.3 Å². The Kier molecular flexibility index (Phi) is 4.99. The first-order chi connectivity index (χ1) is 12.5. The van der Waals surface area contributed by atoms with Crippen molar-refractivity contribution in [2.45, 2.75) is 4.90 Å². The highest BCUT2D eigenvalue weighted by Gasteiger charge is 2.15. The third-order valence-electron chi connectivity index (χ3n) is 3.55. The summed E-state index contributed by atoms with van der Waals surface area (Å²) in [5.41, 5.74) is 0.476. The summed E-state index contributed by atoms with van der Waals surface area (Å²) in [6, 6.07) is 19.6. The molecule has 0 aliphatic rings. The van der Waals surface area contributed by atoms with Crippen molar-refractivity contribution in [3.05, 3.63) is 90.2 Å². The van der Waals surface area contributed by atoms with E-state index in [1.165, 1.54) is 48.5 Å². The molecular weight excluding hydrogens is 355 g/mol. The Hall–Kier alpha value is -3.19. The van der Waals surface area contributed by atoms with Crippen LogP contribution < -0.4 is 10.0 Å². The molecule has 0 saturated heterocycles. The molecule has 7 heteroatoms. The first-order valence-corrected chi connectivity index (χ1v) is 9.18. The van der Waals surface area contributed by atoms with Crippen molar-refractivity contribution < 1.29 is 17.6 Å². The largest absolute Gasteiger partial charge is 0.319 e. The smallest absolute Gasteiger partial charge is 0.261 e. The van der Waals surface area contributed by atoms with Gasteiger partial charge in [-0.05, 0) is 42.5 Å². The Labute approximate surface area is 150 Å². The van der Waals surface area contributed by atoms with E-state index in [0.29, 0.717) is 0 Å². The number of amides is 1. The standard InChI is InChI=1S/C19H15FN2O3S/c20-17-11-4-5-12-18(17)21-19(23)14-7-6-8-15(13-14)22-26(24,25)16-9-2-1-3-10-16/h1-13,22H,(H,21,23). The van der Waals surface area contributed by atoms with Crippen LogP contribution in [0.15, 0.2) is 83.8 Å². The Morgan fingerprint density at radius 1 is 0.846 bits per heavy atom. The second kappa shape index (κ2) is 7.37. The highest BCUT2D eigenvalue weighted by molar-refractivity contribution is 7.92. The monoisotopic (exact) mass is 370 g/mol. The number of halogens is 1. The number of carbonyl (C=O) groups is 1. The van der Waals surface area contributed by atoms with Gasteiger partial charge in [-0.2, -0.15) is 0 Å². The van der Waals surface area contributed by atoms with Gasteiger partial charge in [-0.3, -0.25) is 9.52 Å². The summed E-state index contributed by atoms with van der Waals surface area (Å²) < 4.78 is 40.8. The molecule has 26 heavy (non-hydrogen) atoms. The Morgan fingerprint density at radius 3 is 2.27 bits per heavy atom. The van der Waals surface area contributed by atoms with Crippen molar-refractivity contribution in [3.63, 3.8) is 0 Å². The second-order valence-corrected chi connectivity index (χ2v) is 7.12. The molecule has 1 amide bonds. The van der Waals surface area contributed by atoms with Gasteiger partial charge >= 0.3 is 0 Å². The number of benzene rings is 3. The molecule has 0 heterocycles. The SMILES string of the molecule is O=C(Nc1ccccc1F)c1cccc(NS(=O)(=O)c2ccccc2)c1. The second-order valence-electron chi connectivity index (χ2n) is 5.43. The molecule has 0 unspecified atom stereocenters. The summed E-state index contributed by atoms with van der Waals surface area (Å²) in [5.74, 6) is -1.10. The van der Waals surface area contributed by atoms with Crippen molar-refractivity contribution in [1.29, 1.82) is 0 Å². The first kappa shape index (κ1) is 17.6. The molecule has 3 aromatic carbocycles. The van der Waals surface area contributed by atoms with E-state index in [-0.39, 0.29) is 21.8 Å². The molecule has 0 atom stereocenters. The molecular formula is C19H15FN2O3S. The molecule has 0 fully saturated rings. The molecule has 0 aromatic heterocycles. The minimum atomic E-state index is -3.76. The van der Waals surface area contributed by atoms with Crippen molar-refractivity contribution in [1.82, 2.24) is 0 Å². The predicted molar refractivity (Wildman–Crippen MR) is 98.0 cm³/mol. The molecule has 0 aliphatic carbocycles. The number of para-hydroxylation sites is 1. The minimum Gasteiger partial charge on any atom is -0.319 e. The molecule has 3 aromatic rings. The normalized spacial score (nSPS) is 11.0. The van der Waals surface area contributed by atoms with Crippen LogP contribution in [-0.2, 0) is 10.0 Å². The Morgan fingerprint density at radius 2 is 1.54 bits per heavy atom. The lowest BCUT2D eigenvalue weighted by Gasteiger charge is -2.10. The summed E-state index contributed by atoms with van der Waals surface area (Å²) in [5, 5.41) is 2.46. The Bertz CT molecular complexity index is 1040. The van der Waals surface area contributed by atoms with E-state index in [4.69, 9.17) is 0 Å². The van der Waals surface area contributed by atoms with E-state index in [1.807, 2.05) is 0 Å². The third kappa shape index (κ3) is 4.07. The average molecular weight is 370 g/mol. The summed E-state index contributed by atoms with van der Waals surface area (Å²) in [7, 11) is -3.76. The Balaban J connectivity index is 1.80. The van der Waals surface area contributed by atoms with Crippen LogP contribution in [0.25, 0.3) is 0 Å². The molecule has 0 radical (unpaired) electrons. The molecule has 0 spiro atoms. The lowest BCUT2D eigenvalue weighted by atomic mass is 10.2. The van der Waals surface area contributed by atoms with E-state index in [2.05, 4.69) is 10.0 Å². The fourth-order valence-electron chi connectivity index (χ4n) is 2.29. The summed E-state index contributed by atoms with van der Waals surface area (Å²) in [4.78, 5) is 12.4. The van der Waals surface area contributed by atoms with Gasteiger partial charge in [0.25, 0.3) is 15.9 Å². The van der Waals surface area contributed by atoms with Crippen LogP contribution in [0, 0.1) is 5.82 Å². The zero-order valence-electron chi connectivity index (χ0n) is 13.5. The molecule has 2 N–H and O–H groups in total. The predicted octanol–water partition coefficient (Wildman–Crippen LogP) is 3.88. The van der Waals surface area contributed by atoms with Crippen LogP contribution in [0.5, 0.6) is 0 Å². The summed E-state index contributed by atoms with van der Waals surface area (Å²) >= 11 is 0. The van der Waals surface area contributed by atoms with Gasteiger partial charge in [0.2, 0.25) is 0 Å². The van der Waals surface area contributed by atoms with Gasteiger partial charge in [0.05, 0.1) is 10.6 Å². The van der Waals surface area contributed by atoms with Crippen LogP contribution in [0.2, 0.25) is 0 Å². The van der Waals surface area contributed by atoms with Gasteiger partial charge in [-0.1, -0.05) is 36.4 Å². The van der Waals surface area contributed by atoms with Crippen LogP contribution in [0.1, 0.15) is 10.4 Å². The van der Waals surface area contributed by atoms with Gasteiger partial charge in [-0.25, -0.2) is 12.8 Å². The molecule has 132 valence electrons. The number of sulfonamides is 1. The first-order valence-electron chi connectivity index (χ1n) is 7.69. The number of nitrogens with one attached hydrogen (secondary N) is 2.